The van der Waals surface area contributed by atoms with Crippen molar-refractivity contribution >= 4 is 12.4 Å². The molecule has 1 aromatic carbocycles. The van der Waals surface area contributed by atoms with Gasteiger partial charge in [0.05, 0.1) is 0 Å². The Morgan fingerprint density at radius 3 is 1.65 bits per heavy atom. The molecule has 1 unspecified atom stereocenters. The maximum absolute atomic E-state index is 9.08. The van der Waals surface area contributed by atoms with Crippen molar-refractivity contribution in [1.29, 1.82) is 0 Å². The van der Waals surface area contributed by atoms with Crippen LogP contribution in [-0.2, 0) is 10.8 Å². The molecule has 0 fully saturated rings. The van der Waals surface area contributed by atoms with Gasteiger partial charge in [-0.05, 0) is 33.9 Å². The highest BCUT2D eigenvalue weighted by molar-refractivity contribution is 5.85. The van der Waals surface area contributed by atoms with Gasteiger partial charge < -0.3 is 10.8 Å². The predicted molar refractivity (Wildman–Crippen MR) is 89.7 cm³/mol. The van der Waals surface area contributed by atoms with E-state index in [-0.39, 0.29) is 35.9 Å². The van der Waals surface area contributed by atoms with E-state index in [1.165, 1.54) is 11.1 Å². The summed E-state index contributed by atoms with van der Waals surface area (Å²) in [4.78, 5) is 0. The van der Waals surface area contributed by atoms with Crippen LogP contribution < -0.4 is 5.73 Å². The van der Waals surface area contributed by atoms with Crippen molar-refractivity contribution in [3.8, 4) is 0 Å². The fraction of sp³-hybridized carbons (Fsp3) is 0.647. The third-order valence-corrected chi connectivity index (χ3v) is 3.56. The van der Waals surface area contributed by atoms with E-state index in [1.54, 1.807) is 0 Å². The van der Waals surface area contributed by atoms with Crippen LogP contribution in [0.4, 0.5) is 0 Å². The maximum atomic E-state index is 9.08. The number of aliphatic hydroxyl groups excluding tert-OH is 1. The van der Waals surface area contributed by atoms with Gasteiger partial charge in [-0.1, -0.05) is 59.7 Å². The van der Waals surface area contributed by atoms with Gasteiger partial charge in [-0.25, -0.2) is 0 Å². The Balaban J connectivity index is 0.00000361. The first-order valence-corrected chi connectivity index (χ1v) is 7.08. The molecule has 1 aromatic rings. The van der Waals surface area contributed by atoms with Crippen molar-refractivity contribution in [3.05, 3.63) is 34.9 Å². The van der Waals surface area contributed by atoms with Crippen LogP contribution in [-0.4, -0.2) is 11.7 Å². The number of hydrogen-bond acceptors (Lipinski definition) is 2. The molecule has 20 heavy (non-hydrogen) atoms. The SMILES string of the molecule is CC(C)(C)c1cc(C(N)CCO)cc(C(C)(C)C)c1.Cl. The Morgan fingerprint density at radius 2 is 1.35 bits per heavy atom. The zero-order valence-electron chi connectivity index (χ0n) is 13.7. The van der Waals surface area contributed by atoms with E-state index in [4.69, 9.17) is 10.8 Å². The lowest BCUT2D eigenvalue weighted by molar-refractivity contribution is 0.276. The molecule has 0 radical (unpaired) electrons. The molecule has 3 heteroatoms. The molecule has 0 aliphatic rings. The molecule has 0 heterocycles. The second-order valence-corrected chi connectivity index (χ2v) is 7.46. The Bertz CT molecular complexity index is 397. The first-order valence-electron chi connectivity index (χ1n) is 7.08. The zero-order valence-corrected chi connectivity index (χ0v) is 14.5. The third-order valence-electron chi connectivity index (χ3n) is 3.56. The number of nitrogens with two attached hydrogens (primary N) is 1. The first kappa shape index (κ1) is 19.4. The third kappa shape index (κ3) is 5.08. The molecule has 0 spiro atoms. The van der Waals surface area contributed by atoms with Crippen LogP contribution in [0.25, 0.3) is 0 Å². The molecule has 116 valence electrons. The topological polar surface area (TPSA) is 46.2 Å². The van der Waals surface area contributed by atoms with Crippen molar-refractivity contribution in [3.63, 3.8) is 0 Å². The van der Waals surface area contributed by atoms with Crippen LogP contribution in [0.15, 0.2) is 18.2 Å². The predicted octanol–water partition coefficient (Wildman–Crippen LogP) is 4.09. The Hall–Kier alpha value is -0.570. The van der Waals surface area contributed by atoms with Crippen molar-refractivity contribution in [2.75, 3.05) is 6.61 Å². The minimum Gasteiger partial charge on any atom is -0.396 e. The Kier molecular flexibility index (Phi) is 6.73. The smallest absolute Gasteiger partial charge is 0.0449 e. The summed E-state index contributed by atoms with van der Waals surface area (Å²) in [5.41, 5.74) is 10.1. The van der Waals surface area contributed by atoms with Crippen molar-refractivity contribution < 1.29 is 5.11 Å². The molecular formula is C17H30ClNO. The van der Waals surface area contributed by atoms with E-state index in [2.05, 4.69) is 59.7 Å². The van der Waals surface area contributed by atoms with Gasteiger partial charge in [0.15, 0.2) is 0 Å². The molecule has 0 aromatic heterocycles. The summed E-state index contributed by atoms with van der Waals surface area (Å²) in [7, 11) is 0. The largest absolute Gasteiger partial charge is 0.396 e. The molecule has 2 nitrogen and oxygen atoms in total. The lowest BCUT2D eigenvalue weighted by Crippen LogP contribution is -2.20. The van der Waals surface area contributed by atoms with E-state index in [0.29, 0.717) is 6.42 Å². The summed E-state index contributed by atoms with van der Waals surface area (Å²) in [6.45, 7) is 13.4. The van der Waals surface area contributed by atoms with Crippen LogP contribution in [0.5, 0.6) is 0 Å². The molecule has 1 atom stereocenters. The highest BCUT2D eigenvalue weighted by Crippen LogP contribution is 2.32. The van der Waals surface area contributed by atoms with Gasteiger partial charge >= 0.3 is 0 Å². The number of aliphatic hydroxyl groups is 1. The Morgan fingerprint density at radius 1 is 0.950 bits per heavy atom. The van der Waals surface area contributed by atoms with Gasteiger partial charge in [-0.2, -0.15) is 0 Å². The van der Waals surface area contributed by atoms with Crippen LogP contribution in [0.1, 0.15) is 70.7 Å². The quantitative estimate of drug-likeness (QED) is 0.883. The minimum absolute atomic E-state index is 0. The maximum Gasteiger partial charge on any atom is 0.0449 e. The number of rotatable bonds is 3. The van der Waals surface area contributed by atoms with Crippen LogP contribution in [0, 0.1) is 0 Å². The van der Waals surface area contributed by atoms with Gasteiger partial charge in [-0.3, -0.25) is 0 Å². The number of halogens is 1. The van der Waals surface area contributed by atoms with E-state index in [9.17, 15) is 0 Å². The molecule has 0 saturated heterocycles. The summed E-state index contributed by atoms with van der Waals surface area (Å²) in [6, 6.07) is 6.58. The summed E-state index contributed by atoms with van der Waals surface area (Å²) >= 11 is 0. The van der Waals surface area contributed by atoms with Crippen LogP contribution >= 0.6 is 12.4 Å². The van der Waals surface area contributed by atoms with E-state index in [1.807, 2.05) is 0 Å². The van der Waals surface area contributed by atoms with Crippen LogP contribution in [0.2, 0.25) is 0 Å². The Labute approximate surface area is 130 Å². The highest BCUT2D eigenvalue weighted by Gasteiger charge is 2.21. The molecule has 1 rings (SSSR count). The second-order valence-electron chi connectivity index (χ2n) is 7.46. The zero-order chi connectivity index (χ0) is 14.8. The van der Waals surface area contributed by atoms with Gasteiger partial charge in [0, 0.05) is 12.6 Å². The molecule has 0 aliphatic carbocycles. The normalized spacial score (nSPS) is 13.8. The standard InChI is InChI=1S/C17H29NO.ClH/c1-16(2,3)13-9-12(15(18)7-8-19)10-14(11-13)17(4,5)6;/h9-11,15,19H,7-8,18H2,1-6H3;1H. The van der Waals surface area contributed by atoms with E-state index >= 15 is 0 Å². The first-order chi connectivity index (χ1) is 8.55. The summed E-state index contributed by atoms with van der Waals surface area (Å²) < 4.78 is 0. The molecule has 3 N–H and O–H groups in total. The lowest BCUT2D eigenvalue weighted by Gasteiger charge is -2.27. The number of benzene rings is 1. The lowest BCUT2D eigenvalue weighted by atomic mass is 9.79. The van der Waals surface area contributed by atoms with E-state index in [0.717, 1.165) is 5.56 Å². The molecule has 0 aliphatic heterocycles. The van der Waals surface area contributed by atoms with Crippen LogP contribution in [0.3, 0.4) is 0 Å². The summed E-state index contributed by atoms with van der Waals surface area (Å²) in [5, 5.41) is 9.08. The monoisotopic (exact) mass is 299 g/mol. The average molecular weight is 300 g/mol. The minimum atomic E-state index is -0.0894. The van der Waals surface area contributed by atoms with Gasteiger partial charge in [0.25, 0.3) is 0 Å². The fourth-order valence-electron chi connectivity index (χ4n) is 2.04. The molecular weight excluding hydrogens is 270 g/mol. The van der Waals surface area contributed by atoms with Crippen molar-refractivity contribution in [2.24, 2.45) is 5.73 Å². The molecule has 0 saturated carbocycles. The van der Waals surface area contributed by atoms with Gasteiger partial charge in [-0.15, -0.1) is 12.4 Å². The average Bonchev–Trinajstić information content (AvgIpc) is 2.26. The fourth-order valence-corrected chi connectivity index (χ4v) is 2.04. The molecule has 0 amide bonds. The summed E-state index contributed by atoms with van der Waals surface area (Å²) in [5.74, 6) is 0. The number of hydrogen-bond donors (Lipinski definition) is 2. The van der Waals surface area contributed by atoms with Gasteiger partial charge in [0.1, 0.15) is 0 Å². The second kappa shape index (κ2) is 6.93. The van der Waals surface area contributed by atoms with E-state index < -0.39 is 0 Å². The highest BCUT2D eigenvalue weighted by atomic mass is 35.5. The van der Waals surface area contributed by atoms with Crippen molar-refractivity contribution in [2.45, 2.75) is 64.8 Å². The van der Waals surface area contributed by atoms with Crippen molar-refractivity contribution in [1.82, 2.24) is 0 Å². The molecule has 0 bridgehead atoms. The van der Waals surface area contributed by atoms with Gasteiger partial charge in [0.2, 0.25) is 0 Å². The summed E-state index contributed by atoms with van der Waals surface area (Å²) in [6.07, 6.45) is 0.608.